The molecule has 37 heavy (non-hydrogen) atoms. The Morgan fingerprint density at radius 3 is 2.30 bits per heavy atom. The molecule has 6 N–H and O–H groups in total. The first-order valence-corrected chi connectivity index (χ1v) is 12.1. The highest BCUT2D eigenvalue weighted by molar-refractivity contribution is 6.24. The fourth-order valence-electron chi connectivity index (χ4n) is 5.86. The van der Waals surface area contributed by atoms with Crippen LogP contribution in [0.5, 0.6) is 5.75 Å². The van der Waals surface area contributed by atoms with Gasteiger partial charge >= 0.3 is 0 Å². The molecule has 198 valence electrons. The maximum Gasteiger partial charge on any atom is 0.255 e. The number of ketones is 3. The van der Waals surface area contributed by atoms with Crippen molar-refractivity contribution in [1.29, 1.82) is 0 Å². The Kier molecular flexibility index (Phi) is 6.02. The summed E-state index contributed by atoms with van der Waals surface area (Å²) in [5.41, 5.74) is 1.97. The number of primary amides is 1. The largest absolute Gasteiger partial charge is 0.511 e. The second kappa shape index (κ2) is 8.44. The van der Waals surface area contributed by atoms with E-state index in [0.717, 1.165) is 0 Å². The van der Waals surface area contributed by atoms with E-state index in [1.54, 1.807) is 25.1 Å². The summed E-state index contributed by atoms with van der Waals surface area (Å²) in [6.07, 6.45) is 0.0323. The lowest BCUT2D eigenvalue weighted by atomic mass is 9.60. The van der Waals surface area contributed by atoms with E-state index in [-0.39, 0.29) is 53.6 Å². The Balaban J connectivity index is 1.92. The summed E-state index contributed by atoms with van der Waals surface area (Å²) in [6, 6.07) is 1.56. The van der Waals surface area contributed by atoms with Crippen molar-refractivity contribution in [3.63, 3.8) is 0 Å². The van der Waals surface area contributed by atoms with Crippen LogP contribution in [0.3, 0.4) is 0 Å². The first-order valence-electron chi connectivity index (χ1n) is 12.1. The van der Waals surface area contributed by atoms with Crippen LogP contribution in [0.15, 0.2) is 28.7 Å². The number of Topliss-reactive ketones (excluding diaryl/α,β-unsaturated/α-hetero) is 3. The first-order chi connectivity index (χ1) is 17.0. The van der Waals surface area contributed by atoms with Gasteiger partial charge < -0.3 is 31.1 Å². The number of amides is 1. The number of hydrogen-bond donors (Lipinski definition) is 5. The molecule has 0 aliphatic heterocycles. The third-order valence-corrected chi connectivity index (χ3v) is 7.51. The molecule has 4 rings (SSSR count). The molecule has 3 aliphatic carbocycles. The van der Waals surface area contributed by atoms with Crippen molar-refractivity contribution in [1.82, 2.24) is 0 Å². The number of aliphatic hydroxyl groups is 3. The monoisotopic (exact) mass is 512 g/mol. The van der Waals surface area contributed by atoms with Crippen molar-refractivity contribution in [2.75, 3.05) is 19.0 Å². The minimum absolute atomic E-state index is 0.0331. The standard InChI is InChI=1S/C27H32N2O8/c1-26(2,3)10-17(31)14-9-15(29(4)5)13-7-11-6-12-8-16(30)20(25(28)36)24(35)27(12,37)23(34)18(11)22(33)19(13)21(14)32/h9,11-12,30,32,34,37H,6-8,10H2,1-5H3,(H2,28,36). The second-order valence-corrected chi connectivity index (χ2v) is 11.6. The molecule has 0 spiro atoms. The van der Waals surface area contributed by atoms with Crippen LogP contribution in [-0.2, 0) is 16.0 Å². The number of fused-ring (bicyclic) bond motifs is 3. The predicted octanol–water partition coefficient (Wildman–Crippen LogP) is 2.27. The molecule has 0 saturated heterocycles. The quantitative estimate of drug-likeness (QED) is 0.299. The number of carbonyl (C=O) groups excluding carboxylic acids is 4. The average Bonchev–Trinajstić information content (AvgIpc) is 2.74. The molecule has 3 unspecified atom stereocenters. The molecule has 10 heteroatoms. The van der Waals surface area contributed by atoms with E-state index in [1.165, 1.54) is 0 Å². The topological polar surface area (TPSA) is 178 Å². The SMILES string of the molecule is CN(C)c1cc(C(=O)CC(C)(C)C)c(O)c2c1CC1CC3CC(O)=C(C(N)=O)C(=O)C3(O)C(O)=C1C2=O. The fraction of sp³-hybridized carbons (Fsp3) is 0.481. The van der Waals surface area contributed by atoms with E-state index < -0.39 is 57.8 Å². The molecule has 0 fully saturated rings. The van der Waals surface area contributed by atoms with Crippen LogP contribution in [0.2, 0.25) is 0 Å². The van der Waals surface area contributed by atoms with Crippen LogP contribution >= 0.6 is 0 Å². The predicted molar refractivity (Wildman–Crippen MR) is 134 cm³/mol. The van der Waals surface area contributed by atoms with E-state index in [2.05, 4.69) is 0 Å². The highest BCUT2D eigenvalue weighted by Gasteiger charge is 2.59. The molecule has 3 atom stereocenters. The third-order valence-electron chi connectivity index (χ3n) is 7.51. The Morgan fingerprint density at radius 2 is 1.76 bits per heavy atom. The zero-order valence-corrected chi connectivity index (χ0v) is 21.5. The molecule has 1 aromatic rings. The van der Waals surface area contributed by atoms with E-state index >= 15 is 0 Å². The zero-order valence-electron chi connectivity index (χ0n) is 21.5. The van der Waals surface area contributed by atoms with E-state index in [9.17, 15) is 39.6 Å². The number of rotatable bonds is 4. The van der Waals surface area contributed by atoms with Gasteiger partial charge in [0.05, 0.1) is 11.1 Å². The lowest BCUT2D eigenvalue weighted by molar-refractivity contribution is -0.144. The van der Waals surface area contributed by atoms with Crippen LogP contribution in [0.4, 0.5) is 5.69 Å². The van der Waals surface area contributed by atoms with Gasteiger partial charge in [0, 0.05) is 44.1 Å². The van der Waals surface area contributed by atoms with Gasteiger partial charge in [-0.25, -0.2) is 0 Å². The van der Waals surface area contributed by atoms with Crippen molar-refractivity contribution in [2.24, 2.45) is 23.0 Å². The van der Waals surface area contributed by atoms with Crippen LogP contribution in [0, 0.1) is 17.3 Å². The summed E-state index contributed by atoms with van der Waals surface area (Å²) in [6.45, 7) is 5.62. The lowest BCUT2D eigenvalue weighted by Crippen LogP contribution is -2.57. The number of hydrogen-bond acceptors (Lipinski definition) is 9. The van der Waals surface area contributed by atoms with Crippen LogP contribution in [0.25, 0.3) is 0 Å². The lowest BCUT2D eigenvalue weighted by Gasteiger charge is -2.46. The van der Waals surface area contributed by atoms with Gasteiger partial charge in [-0.3, -0.25) is 19.2 Å². The highest BCUT2D eigenvalue weighted by atomic mass is 16.3. The molecule has 0 bridgehead atoms. The van der Waals surface area contributed by atoms with E-state index in [1.807, 2.05) is 20.8 Å². The van der Waals surface area contributed by atoms with Gasteiger partial charge in [-0.15, -0.1) is 0 Å². The molecule has 3 aliphatic rings. The van der Waals surface area contributed by atoms with Gasteiger partial charge in [0.1, 0.15) is 22.8 Å². The Hall–Kier alpha value is -3.66. The van der Waals surface area contributed by atoms with Crippen molar-refractivity contribution in [3.8, 4) is 5.75 Å². The minimum atomic E-state index is -2.63. The normalized spacial score (nSPS) is 25.5. The van der Waals surface area contributed by atoms with Crippen molar-refractivity contribution < 1.29 is 39.6 Å². The summed E-state index contributed by atoms with van der Waals surface area (Å²) in [5.74, 6) is -7.36. The number of nitrogens with zero attached hydrogens (tertiary/aromatic N) is 1. The van der Waals surface area contributed by atoms with Crippen LogP contribution in [0.1, 0.15) is 66.3 Å². The third kappa shape index (κ3) is 3.90. The van der Waals surface area contributed by atoms with Gasteiger partial charge in [0.15, 0.2) is 17.2 Å². The summed E-state index contributed by atoms with van der Waals surface area (Å²) in [7, 11) is 3.48. The average molecular weight is 513 g/mol. The maximum atomic E-state index is 13.8. The molecule has 10 nitrogen and oxygen atoms in total. The number of phenolic OH excluding ortho intramolecular Hbond substituents is 1. The van der Waals surface area contributed by atoms with Gasteiger partial charge in [-0.2, -0.15) is 0 Å². The molecule has 0 saturated carbocycles. The number of aromatic hydroxyl groups is 1. The van der Waals surface area contributed by atoms with Gasteiger partial charge in [0.2, 0.25) is 5.78 Å². The number of phenols is 1. The molecular weight excluding hydrogens is 480 g/mol. The van der Waals surface area contributed by atoms with Crippen molar-refractivity contribution >= 4 is 28.9 Å². The summed E-state index contributed by atoms with van der Waals surface area (Å²) in [4.78, 5) is 53.5. The van der Waals surface area contributed by atoms with E-state index in [4.69, 9.17) is 5.73 Å². The number of carbonyl (C=O) groups is 4. The first kappa shape index (κ1) is 26.4. The van der Waals surface area contributed by atoms with Crippen LogP contribution in [-0.4, -0.2) is 63.4 Å². The molecule has 0 aromatic heterocycles. The Labute approximate surface area is 214 Å². The zero-order chi connectivity index (χ0) is 27.8. The Bertz CT molecular complexity index is 1330. The minimum Gasteiger partial charge on any atom is -0.511 e. The maximum absolute atomic E-state index is 13.8. The van der Waals surface area contributed by atoms with Crippen LogP contribution < -0.4 is 10.6 Å². The number of nitrogens with two attached hydrogens (primary N) is 1. The van der Waals surface area contributed by atoms with Crippen molar-refractivity contribution in [3.05, 3.63) is 45.4 Å². The number of aliphatic hydroxyl groups excluding tert-OH is 2. The highest BCUT2D eigenvalue weighted by Crippen LogP contribution is 2.52. The van der Waals surface area contributed by atoms with Gasteiger partial charge in [-0.1, -0.05) is 20.8 Å². The molecule has 0 radical (unpaired) electrons. The van der Waals surface area contributed by atoms with Gasteiger partial charge in [-0.05, 0) is 35.8 Å². The molecule has 0 heterocycles. The number of benzene rings is 1. The smallest absolute Gasteiger partial charge is 0.255 e. The van der Waals surface area contributed by atoms with Crippen molar-refractivity contribution in [2.45, 2.75) is 52.1 Å². The fourth-order valence-corrected chi connectivity index (χ4v) is 5.86. The summed E-state index contributed by atoms with van der Waals surface area (Å²) in [5, 5.41) is 44.0. The summed E-state index contributed by atoms with van der Waals surface area (Å²) < 4.78 is 0. The van der Waals surface area contributed by atoms with Gasteiger partial charge in [0.25, 0.3) is 5.91 Å². The second-order valence-electron chi connectivity index (χ2n) is 11.6. The van der Waals surface area contributed by atoms with E-state index in [0.29, 0.717) is 11.3 Å². The number of anilines is 1. The number of allylic oxidation sites excluding steroid dienone is 2. The molecule has 1 amide bonds. The Morgan fingerprint density at radius 1 is 1.14 bits per heavy atom. The summed E-state index contributed by atoms with van der Waals surface area (Å²) >= 11 is 0. The molecular formula is C27H32N2O8. The molecule has 1 aromatic carbocycles.